The Hall–Kier alpha value is -3.25. The van der Waals surface area contributed by atoms with Crippen LogP contribution >= 0.6 is 34.8 Å². The molecule has 0 spiro atoms. The van der Waals surface area contributed by atoms with Crippen molar-refractivity contribution >= 4 is 57.9 Å². The number of hydrogen-bond acceptors (Lipinski definition) is 4. The van der Waals surface area contributed by atoms with Crippen molar-refractivity contribution in [2.45, 2.75) is 32.6 Å². The highest BCUT2D eigenvalue weighted by atomic mass is 35.5. The summed E-state index contributed by atoms with van der Waals surface area (Å²) < 4.78 is 5.28. The molecule has 0 aromatic heterocycles. The Kier molecular flexibility index (Phi) is 7.27. The van der Waals surface area contributed by atoms with Gasteiger partial charge in [-0.25, -0.2) is 0 Å². The molecule has 3 aromatic carbocycles. The second-order valence-electron chi connectivity index (χ2n) is 10.5. The van der Waals surface area contributed by atoms with Crippen LogP contribution in [0.25, 0.3) is 5.76 Å². The van der Waals surface area contributed by atoms with Gasteiger partial charge in [-0.3, -0.25) is 15.1 Å². The van der Waals surface area contributed by atoms with Crippen molar-refractivity contribution in [1.82, 2.24) is 0 Å². The number of nitrogens with one attached hydrogen (secondary N) is 1. The van der Waals surface area contributed by atoms with Crippen molar-refractivity contribution in [3.63, 3.8) is 0 Å². The topological polar surface area (TPSA) is 73.6 Å². The molecular formula is C31H27Cl3N2O3. The summed E-state index contributed by atoms with van der Waals surface area (Å²) >= 11 is 19.6. The number of amidine groups is 1. The van der Waals surface area contributed by atoms with Crippen LogP contribution in [-0.4, -0.2) is 23.8 Å². The molecule has 0 saturated heterocycles. The van der Waals surface area contributed by atoms with Crippen LogP contribution in [0.1, 0.15) is 43.7 Å². The van der Waals surface area contributed by atoms with E-state index in [1.165, 1.54) is 0 Å². The molecule has 2 aliphatic rings. The zero-order valence-corrected chi connectivity index (χ0v) is 24.0. The number of aliphatic hydroxyl groups is 1. The first kappa shape index (κ1) is 27.3. The van der Waals surface area contributed by atoms with E-state index in [0.29, 0.717) is 61.7 Å². The maximum absolute atomic E-state index is 14.0. The van der Waals surface area contributed by atoms with Crippen molar-refractivity contribution < 1.29 is 14.6 Å². The molecule has 1 aliphatic carbocycles. The van der Waals surface area contributed by atoms with Gasteiger partial charge in [0.2, 0.25) is 0 Å². The van der Waals surface area contributed by atoms with Crippen molar-refractivity contribution in [2.24, 2.45) is 5.41 Å². The quantitative estimate of drug-likeness (QED) is 0.302. The molecule has 0 fully saturated rings. The van der Waals surface area contributed by atoms with Gasteiger partial charge < -0.3 is 9.84 Å². The fourth-order valence-corrected chi connectivity index (χ4v) is 6.20. The number of anilines is 1. The SMILES string of the molecule is COc1ccc(/C(O)=C2\C(=N)N(c3ccccc3Cl)C3=C(C(=O)CC(C)(C)C3)C2c2ccc(Cl)cc2Cl)cc1. The fraction of sp³-hybridized carbons (Fsp3) is 0.226. The normalized spacial score (nSPS) is 20.2. The molecule has 0 saturated carbocycles. The van der Waals surface area contributed by atoms with Crippen LogP contribution in [0.15, 0.2) is 83.6 Å². The molecule has 3 aromatic rings. The summed E-state index contributed by atoms with van der Waals surface area (Å²) in [6.45, 7) is 4.07. The van der Waals surface area contributed by atoms with Gasteiger partial charge in [0.1, 0.15) is 17.3 Å². The predicted molar refractivity (Wildman–Crippen MR) is 158 cm³/mol. The molecule has 0 radical (unpaired) electrons. The minimum atomic E-state index is -0.790. The number of hydrogen-bond donors (Lipinski definition) is 2. The number of halogens is 3. The molecule has 0 amide bonds. The maximum atomic E-state index is 14.0. The number of Topliss-reactive ketones (excluding diaryl/α,β-unsaturated/α-hetero) is 1. The number of ether oxygens (including phenoxy) is 1. The first-order chi connectivity index (χ1) is 18.5. The minimum absolute atomic E-state index is 0.0108. The van der Waals surface area contributed by atoms with Gasteiger partial charge in [-0.15, -0.1) is 0 Å². The van der Waals surface area contributed by atoms with Crippen molar-refractivity contribution in [3.05, 3.63) is 110 Å². The third-order valence-electron chi connectivity index (χ3n) is 7.21. The zero-order chi connectivity index (χ0) is 28.1. The molecule has 0 bridgehead atoms. The van der Waals surface area contributed by atoms with Crippen molar-refractivity contribution in [1.29, 1.82) is 5.41 Å². The van der Waals surface area contributed by atoms with Crippen LogP contribution in [0.4, 0.5) is 5.69 Å². The number of ketones is 1. The van der Waals surface area contributed by atoms with Crippen LogP contribution in [0.2, 0.25) is 15.1 Å². The van der Waals surface area contributed by atoms with Crippen LogP contribution in [-0.2, 0) is 4.79 Å². The highest BCUT2D eigenvalue weighted by Gasteiger charge is 2.47. The van der Waals surface area contributed by atoms with Crippen molar-refractivity contribution in [2.75, 3.05) is 12.0 Å². The van der Waals surface area contributed by atoms with E-state index in [0.717, 1.165) is 0 Å². The monoisotopic (exact) mass is 580 g/mol. The lowest BCUT2D eigenvalue weighted by atomic mass is 9.67. The lowest BCUT2D eigenvalue weighted by molar-refractivity contribution is -0.118. The third-order valence-corrected chi connectivity index (χ3v) is 8.09. The summed E-state index contributed by atoms with van der Waals surface area (Å²) in [5, 5.41) is 22.5. The maximum Gasteiger partial charge on any atom is 0.162 e. The summed E-state index contributed by atoms with van der Waals surface area (Å²) in [6.07, 6.45) is 0.841. The van der Waals surface area contributed by atoms with Gasteiger partial charge >= 0.3 is 0 Å². The van der Waals surface area contributed by atoms with E-state index in [1.807, 2.05) is 32.0 Å². The molecule has 1 heterocycles. The number of aliphatic hydroxyl groups excluding tert-OH is 1. The second kappa shape index (κ2) is 10.4. The molecule has 200 valence electrons. The molecule has 1 unspecified atom stereocenters. The van der Waals surface area contributed by atoms with E-state index in [2.05, 4.69) is 0 Å². The van der Waals surface area contributed by atoms with Gasteiger partial charge in [0.15, 0.2) is 5.78 Å². The summed E-state index contributed by atoms with van der Waals surface area (Å²) in [5.74, 6) is -0.361. The molecule has 2 N–H and O–H groups in total. The Bertz CT molecular complexity index is 1560. The summed E-state index contributed by atoms with van der Waals surface area (Å²) in [7, 11) is 1.56. The first-order valence-corrected chi connectivity index (χ1v) is 13.6. The Morgan fingerprint density at radius 1 is 1.00 bits per heavy atom. The lowest BCUT2D eigenvalue weighted by Gasteiger charge is -2.45. The summed E-state index contributed by atoms with van der Waals surface area (Å²) in [6, 6.07) is 19.2. The van der Waals surface area contributed by atoms with Crippen LogP contribution < -0.4 is 9.64 Å². The second-order valence-corrected chi connectivity index (χ2v) is 11.8. The van der Waals surface area contributed by atoms with Gasteiger partial charge in [-0.2, -0.15) is 0 Å². The largest absolute Gasteiger partial charge is 0.507 e. The third kappa shape index (κ3) is 4.95. The number of benzene rings is 3. The molecule has 1 atom stereocenters. The molecule has 8 heteroatoms. The number of carbonyl (C=O) groups is 1. The van der Waals surface area contributed by atoms with E-state index in [1.54, 1.807) is 60.5 Å². The number of allylic oxidation sites excluding steroid dienone is 2. The molecule has 5 rings (SSSR count). The molecule has 39 heavy (non-hydrogen) atoms. The Morgan fingerprint density at radius 2 is 1.69 bits per heavy atom. The van der Waals surface area contributed by atoms with Gasteiger partial charge in [-0.05, 0) is 65.9 Å². The highest BCUT2D eigenvalue weighted by molar-refractivity contribution is 6.36. The van der Waals surface area contributed by atoms with Gasteiger partial charge in [-0.1, -0.05) is 66.8 Å². The summed E-state index contributed by atoms with van der Waals surface area (Å²) in [5.41, 5.74) is 2.68. The Labute approximate surface area is 242 Å². The number of methoxy groups -OCH3 is 1. The number of para-hydroxylation sites is 1. The molecule has 5 nitrogen and oxygen atoms in total. The number of rotatable bonds is 4. The zero-order valence-electron chi connectivity index (χ0n) is 21.7. The van der Waals surface area contributed by atoms with Crippen LogP contribution in [0.5, 0.6) is 5.75 Å². The lowest BCUT2D eigenvalue weighted by Crippen LogP contribution is -2.45. The van der Waals surface area contributed by atoms with E-state index in [4.69, 9.17) is 39.5 Å². The van der Waals surface area contributed by atoms with Crippen LogP contribution in [0, 0.1) is 10.8 Å². The van der Waals surface area contributed by atoms with E-state index < -0.39 is 5.92 Å². The Balaban J connectivity index is 1.87. The standard InChI is InChI=1S/C31H27Cl3N2O3/c1-31(2)15-24-27(25(37)16-31)26(20-13-10-18(32)14-22(20)34)28(29(38)17-8-11-19(39-3)12-9-17)30(35)36(24)23-7-5-4-6-21(23)33/h4-14,26,35,38H,15-16H2,1-3H3/b29-28+,35-30?. The minimum Gasteiger partial charge on any atom is -0.507 e. The van der Waals surface area contributed by atoms with Gasteiger partial charge in [0.25, 0.3) is 0 Å². The Morgan fingerprint density at radius 3 is 2.33 bits per heavy atom. The van der Waals surface area contributed by atoms with E-state index >= 15 is 0 Å². The van der Waals surface area contributed by atoms with Crippen molar-refractivity contribution in [3.8, 4) is 5.75 Å². The van der Waals surface area contributed by atoms with E-state index in [9.17, 15) is 15.3 Å². The van der Waals surface area contributed by atoms with E-state index in [-0.39, 0.29) is 28.4 Å². The van der Waals surface area contributed by atoms with Crippen LogP contribution in [0.3, 0.4) is 0 Å². The average molecular weight is 582 g/mol. The summed E-state index contributed by atoms with van der Waals surface area (Å²) in [4.78, 5) is 15.7. The smallest absolute Gasteiger partial charge is 0.162 e. The molecule has 1 aliphatic heterocycles. The first-order valence-electron chi connectivity index (χ1n) is 12.4. The highest BCUT2D eigenvalue weighted by Crippen LogP contribution is 2.53. The van der Waals surface area contributed by atoms with Gasteiger partial charge in [0, 0.05) is 44.8 Å². The number of carbonyl (C=O) groups excluding carboxylic acids is 1. The average Bonchev–Trinajstić information content (AvgIpc) is 2.88. The van der Waals surface area contributed by atoms with Gasteiger partial charge in [0.05, 0.1) is 17.8 Å². The molecular weight excluding hydrogens is 555 g/mol. The predicted octanol–water partition coefficient (Wildman–Crippen LogP) is 8.85. The number of nitrogens with zero attached hydrogens (tertiary/aromatic N) is 1. The fourth-order valence-electron chi connectivity index (χ4n) is 5.46.